The highest BCUT2D eigenvalue weighted by molar-refractivity contribution is 5.92. The summed E-state index contributed by atoms with van der Waals surface area (Å²) in [4.78, 5) is 18.1. The zero-order valence-electron chi connectivity index (χ0n) is 25.1. The number of piperidine rings is 1. The van der Waals surface area contributed by atoms with Crippen molar-refractivity contribution in [1.29, 1.82) is 0 Å². The molecule has 0 aliphatic carbocycles. The largest absolute Gasteiger partial charge is 0.493 e. The normalized spacial score (nSPS) is 15.0. The average molecular weight is 595 g/mol. The van der Waals surface area contributed by atoms with Gasteiger partial charge in [0.25, 0.3) is 0 Å². The van der Waals surface area contributed by atoms with Gasteiger partial charge in [-0.15, -0.1) is 12.4 Å². The van der Waals surface area contributed by atoms with Crippen molar-refractivity contribution >= 4 is 18.3 Å². The molecule has 1 aliphatic rings. The van der Waals surface area contributed by atoms with Gasteiger partial charge in [0, 0.05) is 39.4 Å². The minimum atomic E-state index is -0.945. The van der Waals surface area contributed by atoms with E-state index in [-0.39, 0.29) is 24.9 Å². The van der Waals surface area contributed by atoms with E-state index < -0.39 is 11.0 Å². The van der Waals surface area contributed by atoms with Crippen molar-refractivity contribution in [1.82, 2.24) is 9.80 Å². The number of carbonyl (C=O) groups excluding carboxylic acids is 1. The number of rotatable bonds is 14. The number of halogens is 1. The van der Waals surface area contributed by atoms with E-state index in [9.17, 15) is 9.90 Å². The summed E-state index contributed by atoms with van der Waals surface area (Å²) in [6, 6.07) is 28.1. The van der Waals surface area contributed by atoms with Crippen LogP contribution in [0.25, 0.3) is 0 Å². The van der Waals surface area contributed by atoms with Gasteiger partial charge in [-0.25, -0.2) is 0 Å². The third-order valence-corrected chi connectivity index (χ3v) is 8.49. The van der Waals surface area contributed by atoms with Crippen LogP contribution in [0.3, 0.4) is 0 Å². The fourth-order valence-electron chi connectivity index (χ4n) is 6.10. The highest BCUT2D eigenvalue weighted by Crippen LogP contribution is 2.40. The van der Waals surface area contributed by atoms with Crippen LogP contribution in [0.2, 0.25) is 0 Å². The molecule has 1 fully saturated rings. The quantitative estimate of drug-likeness (QED) is 0.231. The number of likely N-dealkylation sites (tertiary alicyclic amines) is 1. The first-order valence-corrected chi connectivity index (χ1v) is 15.0. The fourth-order valence-corrected chi connectivity index (χ4v) is 6.10. The van der Waals surface area contributed by atoms with Gasteiger partial charge >= 0.3 is 0 Å². The summed E-state index contributed by atoms with van der Waals surface area (Å²) in [5, 5.41) is 20.7. The first kappa shape index (κ1) is 33.6. The van der Waals surface area contributed by atoms with E-state index in [0.717, 1.165) is 67.8 Å². The van der Waals surface area contributed by atoms with Crippen molar-refractivity contribution in [2.45, 2.75) is 56.0 Å². The predicted molar refractivity (Wildman–Crippen MR) is 171 cm³/mol. The molecule has 1 heterocycles. The van der Waals surface area contributed by atoms with Crippen molar-refractivity contribution < 1.29 is 19.7 Å². The smallest absolute Gasteiger partial charge is 0.237 e. The monoisotopic (exact) mass is 594 g/mol. The van der Waals surface area contributed by atoms with E-state index in [1.165, 1.54) is 0 Å². The van der Waals surface area contributed by atoms with Crippen LogP contribution in [0.4, 0.5) is 0 Å². The van der Waals surface area contributed by atoms with E-state index in [2.05, 4.69) is 29.2 Å². The topological polar surface area (TPSA) is 73.2 Å². The van der Waals surface area contributed by atoms with Crippen LogP contribution in [0.5, 0.6) is 5.75 Å². The van der Waals surface area contributed by atoms with Crippen molar-refractivity contribution in [2.75, 3.05) is 46.9 Å². The lowest BCUT2D eigenvalue weighted by atomic mass is 9.70. The molecular formula is C35H47ClN2O4. The molecule has 0 saturated carbocycles. The zero-order chi connectivity index (χ0) is 29.1. The Morgan fingerprint density at radius 3 is 1.98 bits per heavy atom. The van der Waals surface area contributed by atoms with Gasteiger partial charge in [-0.2, -0.15) is 0 Å². The number of ether oxygens (including phenoxy) is 1. The number of nitrogens with zero attached hydrogens (tertiary/aromatic N) is 2. The van der Waals surface area contributed by atoms with Crippen molar-refractivity contribution in [3.05, 3.63) is 102 Å². The molecule has 0 spiro atoms. The van der Waals surface area contributed by atoms with Crippen molar-refractivity contribution in [2.24, 2.45) is 0 Å². The molecule has 3 aromatic rings. The molecule has 42 heavy (non-hydrogen) atoms. The number of benzene rings is 3. The molecule has 7 heteroatoms. The molecule has 228 valence electrons. The van der Waals surface area contributed by atoms with E-state index in [4.69, 9.17) is 9.84 Å². The van der Waals surface area contributed by atoms with Crippen LogP contribution in [-0.2, 0) is 15.8 Å². The maximum atomic E-state index is 14.0. The third-order valence-electron chi connectivity index (χ3n) is 8.49. The molecular weight excluding hydrogens is 548 g/mol. The lowest BCUT2D eigenvalue weighted by Gasteiger charge is -2.41. The predicted octanol–water partition coefficient (Wildman–Crippen LogP) is 5.79. The van der Waals surface area contributed by atoms with Crippen LogP contribution in [0, 0.1) is 0 Å². The van der Waals surface area contributed by atoms with Crippen LogP contribution in [0.1, 0.15) is 61.6 Å². The summed E-state index contributed by atoms with van der Waals surface area (Å²) in [6.07, 6.45) is 5.63. The molecule has 0 radical (unpaired) electrons. The van der Waals surface area contributed by atoms with E-state index in [1.54, 1.807) is 4.90 Å². The van der Waals surface area contributed by atoms with Crippen LogP contribution in [0.15, 0.2) is 84.9 Å². The molecule has 6 nitrogen and oxygen atoms in total. The number of carbonyl (C=O) groups is 1. The molecule has 2 N–H and O–H groups in total. The number of hydrogen-bond donors (Lipinski definition) is 2. The summed E-state index contributed by atoms with van der Waals surface area (Å²) in [5.41, 5.74) is 1.12. The number of para-hydroxylation sites is 1. The number of unbranched alkanes of at least 4 members (excludes halogenated alkanes) is 3. The van der Waals surface area contributed by atoms with Crippen LogP contribution >= 0.6 is 12.4 Å². The second-order valence-corrected chi connectivity index (χ2v) is 11.4. The van der Waals surface area contributed by atoms with Crippen LogP contribution < -0.4 is 4.74 Å². The van der Waals surface area contributed by atoms with Crippen LogP contribution in [-0.4, -0.2) is 72.9 Å². The molecule has 0 unspecified atom stereocenters. The molecule has 0 aromatic heterocycles. The first-order chi connectivity index (χ1) is 19.9. The van der Waals surface area contributed by atoms with Gasteiger partial charge in [0.1, 0.15) is 11.2 Å². The number of aliphatic hydroxyl groups excluding tert-OH is 1. The SMILES string of the molecule is CN(C)C(=O)C(CCN1CCC(O)(c2ccccc2OCCCCCCO)CC1)(c1ccccc1)c1ccccc1.Cl. The summed E-state index contributed by atoms with van der Waals surface area (Å²) in [5.74, 6) is 0.834. The minimum absolute atomic E-state index is 0. The number of amides is 1. The molecule has 0 bridgehead atoms. The van der Waals surface area contributed by atoms with E-state index in [0.29, 0.717) is 25.9 Å². The fraction of sp³-hybridized carbons (Fsp3) is 0.457. The van der Waals surface area contributed by atoms with Crippen molar-refractivity contribution in [3.8, 4) is 5.75 Å². The Labute approximate surface area is 257 Å². The number of aliphatic hydroxyl groups is 2. The highest BCUT2D eigenvalue weighted by atomic mass is 35.5. The molecule has 1 aliphatic heterocycles. The van der Waals surface area contributed by atoms with Crippen molar-refractivity contribution in [3.63, 3.8) is 0 Å². The van der Waals surface area contributed by atoms with Gasteiger partial charge in [0.05, 0.1) is 12.2 Å². The maximum Gasteiger partial charge on any atom is 0.237 e. The summed E-state index contributed by atoms with van der Waals surface area (Å²) in [6.45, 7) is 3.06. The van der Waals surface area contributed by atoms with Gasteiger partial charge in [-0.1, -0.05) is 85.3 Å². The molecule has 3 aromatic carbocycles. The van der Waals surface area contributed by atoms with Gasteiger partial charge in [-0.05, 0) is 62.3 Å². The maximum absolute atomic E-state index is 14.0. The Morgan fingerprint density at radius 1 is 0.857 bits per heavy atom. The second-order valence-electron chi connectivity index (χ2n) is 11.4. The summed E-state index contributed by atoms with van der Waals surface area (Å²) >= 11 is 0. The number of hydrogen-bond acceptors (Lipinski definition) is 5. The summed E-state index contributed by atoms with van der Waals surface area (Å²) in [7, 11) is 3.66. The number of likely N-dealkylation sites (N-methyl/N-ethyl adjacent to an activating group) is 1. The minimum Gasteiger partial charge on any atom is -0.493 e. The first-order valence-electron chi connectivity index (χ1n) is 15.0. The van der Waals surface area contributed by atoms with Gasteiger partial charge in [-0.3, -0.25) is 4.79 Å². The Kier molecular flexibility index (Phi) is 12.9. The molecule has 1 amide bonds. The Morgan fingerprint density at radius 2 is 1.40 bits per heavy atom. The zero-order valence-corrected chi connectivity index (χ0v) is 25.9. The van der Waals surface area contributed by atoms with E-state index >= 15 is 0 Å². The lowest BCUT2D eigenvalue weighted by molar-refractivity contribution is -0.133. The Bertz CT molecular complexity index is 1170. The average Bonchev–Trinajstić information content (AvgIpc) is 3.01. The second kappa shape index (κ2) is 16.1. The Hall–Kier alpha value is -2.90. The molecule has 0 atom stereocenters. The Balaban J connectivity index is 0.00000484. The highest BCUT2D eigenvalue weighted by Gasteiger charge is 2.44. The van der Waals surface area contributed by atoms with Gasteiger partial charge < -0.3 is 24.7 Å². The standard InChI is InChI=1S/C35H46N2O4.ClH/c1-36(2)33(39)35(29-15-7-5-8-16-29,30-17-9-6-10-18-30)23-26-37-24-21-34(40,22-25-37)31-19-11-12-20-32(31)41-28-14-4-3-13-27-38;/h5-12,15-20,38,40H,3-4,13-14,21-28H2,1-2H3;1H. The van der Waals surface area contributed by atoms with E-state index in [1.807, 2.05) is 74.8 Å². The summed E-state index contributed by atoms with van der Waals surface area (Å²) < 4.78 is 6.12. The third kappa shape index (κ3) is 7.93. The molecule has 4 rings (SSSR count). The molecule has 1 saturated heterocycles. The van der Waals surface area contributed by atoms with Gasteiger partial charge in [0.2, 0.25) is 5.91 Å². The van der Waals surface area contributed by atoms with Gasteiger partial charge in [0.15, 0.2) is 0 Å². The lowest BCUT2D eigenvalue weighted by Crippen LogP contribution is -2.49.